The second-order valence-electron chi connectivity index (χ2n) is 3.93. The van der Waals surface area contributed by atoms with E-state index in [1.165, 1.54) is 18.2 Å². The lowest BCUT2D eigenvalue weighted by molar-refractivity contribution is -0.385. The molecule has 2 aromatic carbocycles. The molecule has 100 valence electrons. The van der Waals surface area contributed by atoms with Crippen LogP contribution in [0.25, 0.3) is 0 Å². The molecule has 0 spiro atoms. The molecule has 0 fully saturated rings. The Hall–Kier alpha value is -2.58. The lowest BCUT2D eigenvalue weighted by Gasteiger charge is -2.08. The third-order valence-corrected chi connectivity index (χ3v) is 2.87. The van der Waals surface area contributed by atoms with Crippen LogP contribution in [0.4, 0.5) is 5.69 Å². The number of nitrogens with zero attached hydrogens (tertiary/aromatic N) is 2. The summed E-state index contributed by atoms with van der Waals surface area (Å²) in [6.45, 7) is 0.0756. The van der Waals surface area contributed by atoms with Gasteiger partial charge in [-0.3, -0.25) is 10.1 Å². The molecule has 2 rings (SSSR count). The molecule has 0 bridgehead atoms. The highest BCUT2D eigenvalue weighted by atomic mass is 35.5. The Balaban J connectivity index is 2.24. The molecular weight excluding hydrogens is 280 g/mol. The fraction of sp³-hybridized carbons (Fsp3) is 0.0714. The van der Waals surface area contributed by atoms with Crippen LogP contribution in [0.5, 0.6) is 5.75 Å². The van der Waals surface area contributed by atoms with Gasteiger partial charge in [-0.05, 0) is 18.2 Å². The topological polar surface area (TPSA) is 76.2 Å². The maximum absolute atomic E-state index is 10.9. The van der Waals surface area contributed by atoms with Gasteiger partial charge in [0.05, 0.1) is 16.6 Å². The van der Waals surface area contributed by atoms with Crippen LogP contribution in [0.15, 0.2) is 42.5 Å². The zero-order chi connectivity index (χ0) is 14.5. The second kappa shape index (κ2) is 6.04. The quantitative estimate of drug-likeness (QED) is 0.635. The van der Waals surface area contributed by atoms with E-state index in [0.29, 0.717) is 11.1 Å². The number of halogens is 1. The predicted octanol–water partition coefficient (Wildman–Crippen LogP) is 3.70. The first kappa shape index (κ1) is 13.8. The van der Waals surface area contributed by atoms with Crippen LogP contribution in [-0.2, 0) is 6.61 Å². The van der Waals surface area contributed by atoms with E-state index in [4.69, 9.17) is 21.6 Å². The van der Waals surface area contributed by atoms with Crippen molar-refractivity contribution in [3.8, 4) is 11.8 Å². The number of hydrogen-bond donors (Lipinski definition) is 0. The minimum absolute atomic E-state index is 0.0756. The molecule has 0 saturated heterocycles. The van der Waals surface area contributed by atoms with E-state index < -0.39 is 4.92 Å². The monoisotopic (exact) mass is 288 g/mol. The van der Waals surface area contributed by atoms with Crippen LogP contribution in [0.3, 0.4) is 0 Å². The van der Waals surface area contributed by atoms with Crippen LogP contribution >= 0.6 is 11.6 Å². The van der Waals surface area contributed by atoms with Crippen molar-refractivity contribution in [3.63, 3.8) is 0 Å². The fourth-order valence-corrected chi connectivity index (χ4v) is 1.83. The maximum atomic E-state index is 10.9. The third kappa shape index (κ3) is 3.05. The number of benzene rings is 2. The highest BCUT2D eigenvalue weighted by Crippen LogP contribution is 2.30. The minimum atomic E-state index is -0.558. The van der Waals surface area contributed by atoms with Crippen molar-refractivity contribution in [1.29, 1.82) is 5.26 Å². The standard InChI is InChI=1S/C14H9ClN2O3/c15-12-5-6-14(13(7-12)17(18)19)20-9-11-4-2-1-3-10(11)8-16/h1-7H,9H2. The van der Waals surface area contributed by atoms with Crippen molar-refractivity contribution in [1.82, 2.24) is 0 Å². The molecule has 0 amide bonds. The zero-order valence-electron chi connectivity index (χ0n) is 10.2. The Labute approximate surface area is 120 Å². The van der Waals surface area contributed by atoms with Crippen molar-refractivity contribution in [3.05, 3.63) is 68.7 Å². The number of nitriles is 1. The summed E-state index contributed by atoms with van der Waals surface area (Å²) in [7, 11) is 0. The van der Waals surface area contributed by atoms with Gasteiger partial charge >= 0.3 is 5.69 Å². The van der Waals surface area contributed by atoms with Gasteiger partial charge in [-0.1, -0.05) is 29.8 Å². The molecule has 0 heterocycles. The van der Waals surface area contributed by atoms with Crippen LogP contribution in [-0.4, -0.2) is 4.92 Å². The lowest BCUT2D eigenvalue weighted by atomic mass is 10.1. The van der Waals surface area contributed by atoms with Crippen LogP contribution in [0.1, 0.15) is 11.1 Å². The largest absolute Gasteiger partial charge is 0.482 e. The van der Waals surface area contributed by atoms with E-state index in [1.54, 1.807) is 24.3 Å². The van der Waals surface area contributed by atoms with Gasteiger partial charge < -0.3 is 4.74 Å². The molecule has 2 aromatic rings. The minimum Gasteiger partial charge on any atom is -0.482 e. The summed E-state index contributed by atoms with van der Waals surface area (Å²) in [6, 6.07) is 13.1. The Bertz CT molecular complexity index is 695. The SMILES string of the molecule is N#Cc1ccccc1COc1ccc(Cl)cc1[N+](=O)[O-]. The summed E-state index contributed by atoms with van der Waals surface area (Å²) in [6.07, 6.45) is 0. The summed E-state index contributed by atoms with van der Waals surface area (Å²) in [5, 5.41) is 20.2. The first-order chi connectivity index (χ1) is 9.61. The molecule has 0 aliphatic carbocycles. The molecule has 0 atom stereocenters. The molecule has 0 unspecified atom stereocenters. The number of hydrogen-bond acceptors (Lipinski definition) is 4. The highest BCUT2D eigenvalue weighted by Gasteiger charge is 2.16. The predicted molar refractivity (Wildman–Crippen MR) is 73.6 cm³/mol. The zero-order valence-corrected chi connectivity index (χ0v) is 11.0. The Kier molecular flexibility index (Phi) is 4.18. The second-order valence-corrected chi connectivity index (χ2v) is 4.36. The maximum Gasteiger partial charge on any atom is 0.312 e. The van der Waals surface area contributed by atoms with Crippen LogP contribution < -0.4 is 4.74 Å². The molecule has 0 aliphatic heterocycles. The molecular formula is C14H9ClN2O3. The van der Waals surface area contributed by atoms with Crippen molar-refractivity contribution in [2.24, 2.45) is 0 Å². The van der Waals surface area contributed by atoms with E-state index >= 15 is 0 Å². The van der Waals surface area contributed by atoms with E-state index in [-0.39, 0.29) is 23.1 Å². The van der Waals surface area contributed by atoms with Crippen molar-refractivity contribution < 1.29 is 9.66 Å². The van der Waals surface area contributed by atoms with E-state index in [9.17, 15) is 10.1 Å². The Morgan fingerprint density at radius 3 is 2.75 bits per heavy atom. The average molecular weight is 289 g/mol. The van der Waals surface area contributed by atoms with Gasteiger partial charge in [-0.15, -0.1) is 0 Å². The molecule has 0 radical (unpaired) electrons. The van der Waals surface area contributed by atoms with Gasteiger partial charge in [-0.2, -0.15) is 5.26 Å². The summed E-state index contributed by atoms with van der Waals surface area (Å²) >= 11 is 5.72. The van der Waals surface area contributed by atoms with Crippen molar-refractivity contribution in [2.45, 2.75) is 6.61 Å². The molecule has 6 heteroatoms. The van der Waals surface area contributed by atoms with Gasteiger partial charge in [0.1, 0.15) is 6.61 Å². The summed E-state index contributed by atoms with van der Waals surface area (Å²) in [5.41, 5.74) is 0.940. The van der Waals surface area contributed by atoms with Crippen molar-refractivity contribution >= 4 is 17.3 Å². The molecule has 0 aliphatic rings. The van der Waals surface area contributed by atoms with Crippen LogP contribution in [0.2, 0.25) is 5.02 Å². The molecule has 5 nitrogen and oxygen atoms in total. The smallest absolute Gasteiger partial charge is 0.312 e. The fourth-order valence-electron chi connectivity index (χ4n) is 1.67. The highest BCUT2D eigenvalue weighted by molar-refractivity contribution is 6.30. The molecule has 0 N–H and O–H groups in total. The Morgan fingerprint density at radius 2 is 2.05 bits per heavy atom. The summed E-state index contributed by atoms with van der Waals surface area (Å²) in [4.78, 5) is 10.4. The summed E-state index contributed by atoms with van der Waals surface area (Å²) in [5.74, 6) is 0.118. The normalized spacial score (nSPS) is 9.80. The van der Waals surface area contributed by atoms with E-state index in [0.717, 1.165) is 0 Å². The Morgan fingerprint density at radius 1 is 1.30 bits per heavy atom. The van der Waals surface area contributed by atoms with E-state index in [1.807, 2.05) is 6.07 Å². The van der Waals surface area contributed by atoms with Crippen LogP contribution in [0, 0.1) is 21.4 Å². The third-order valence-electron chi connectivity index (χ3n) is 2.64. The van der Waals surface area contributed by atoms with Gasteiger partial charge in [-0.25, -0.2) is 0 Å². The van der Waals surface area contributed by atoms with Gasteiger partial charge in [0.15, 0.2) is 5.75 Å². The lowest BCUT2D eigenvalue weighted by Crippen LogP contribution is -2.00. The number of rotatable bonds is 4. The van der Waals surface area contributed by atoms with Gasteiger partial charge in [0.25, 0.3) is 0 Å². The summed E-state index contributed by atoms with van der Waals surface area (Å²) < 4.78 is 5.43. The molecule has 20 heavy (non-hydrogen) atoms. The van der Waals surface area contributed by atoms with Crippen molar-refractivity contribution in [2.75, 3.05) is 0 Å². The molecule has 0 saturated carbocycles. The van der Waals surface area contributed by atoms with E-state index in [2.05, 4.69) is 0 Å². The number of nitro groups is 1. The number of ether oxygens (including phenoxy) is 1. The first-order valence-electron chi connectivity index (χ1n) is 5.66. The number of nitro benzene ring substituents is 1. The first-order valence-corrected chi connectivity index (χ1v) is 6.04. The van der Waals surface area contributed by atoms with Gasteiger partial charge in [0, 0.05) is 16.7 Å². The molecule has 0 aromatic heterocycles. The van der Waals surface area contributed by atoms with Gasteiger partial charge in [0.2, 0.25) is 0 Å². The average Bonchev–Trinajstić information content (AvgIpc) is 2.46.